The van der Waals surface area contributed by atoms with Gasteiger partial charge in [0.1, 0.15) is 0 Å². The zero-order chi connectivity index (χ0) is 11.1. The van der Waals surface area contributed by atoms with Crippen molar-refractivity contribution in [2.45, 2.75) is 6.42 Å². The van der Waals surface area contributed by atoms with Gasteiger partial charge >= 0.3 is 0 Å². The van der Waals surface area contributed by atoms with E-state index >= 15 is 0 Å². The van der Waals surface area contributed by atoms with Crippen molar-refractivity contribution in [3.8, 4) is 11.1 Å². The van der Waals surface area contributed by atoms with Gasteiger partial charge in [-0.1, -0.05) is 60.7 Å². The quantitative estimate of drug-likeness (QED) is 0.818. The Labute approximate surface area is 108 Å². The molecule has 2 aromatic rings. The van der Waals surface area contributed by atoms with Crippen LogP contribution in [0.1, 0.15) is 6.42 Å². The minimum atomic E-state index is 0. The Balaban J connectivity index is 0.000000417. The first-order chi connectivity index (χ1) is 7.97. The molecule has 0 amide bonds. The van der Waals surface area contributed by atoms with E-state index in [4.69, 9.17) is 0 Å². The standard InChI is InChI=1S/C12H10.C3H7N.2H2O/c1-3-7-11(8-4-1)12-9-5-2-6-10-12;1-2-4-3-1;;/h1-10H;4H,1-3H2;2*1H2. The van der Waals surface area contributed by atoms with Crippen LogP contribution < -0.4 is 5.32 Å². The molecular weight excluding hydrogens is 226 g/mol. The van der Waals surface area contributed by atoms with Gasteiger partial charge in [0.15, 0.2) is 0 Å². The summed E-state index contributed by atoms with van der Waals surface area (Å²) >= 11 is 0. The van der Waals surface area contributed by atoms with E-state index in [1.165, 1.54) is 30.6 Å². The Morgan fingerprint density at radius 3 is 1.11 bits per heavy atom. The van der Waals surface area contributed by atoms with Crippen LogP contribution in [0.15, 0.2) is 60.7 Å². The predicted molar refractivity (Wildman–Crippen MR) is 76.6 cm³/mol. The van der Waals surface area contributed by atoms with E-state index in [0.717, 1.165) is 0 Å². The molecule has 0 aromatic heterocycles. The number of nitrogens with one attached hydrogen (secondary N) is 1. The molecular formula is C15H21NO2. The number of hydrogen-bond acceptors (Lipinski definition) is 1. The topological polar surface area (TPSA) is 75.0 Å². The van der Waals surface area contributed by atoms with Crippen LogP contribution in [0.25, 0.3) is 11.1 Å². The Bertz CT molecular complexity index is 358. The van der Waals surface area contributed by atoms with Crippen LogP contribution in [-0.4, -0.2) is 24.0 Å². The molecule has 18 heavy (non-hydrogen) atoms. The van der Waals surface area contributed by atoms with Gasteiger partial charge in [-0.05, 0) is 30.6 Å². The van der Waals surface area contributed by atoms with Gasteiger partial charge in [-0.2, -0.15) is 0 Å². The van der Waals surface area contributed by atoms with Crippen LogP contribution in [0.4, 0.5) is 0 Å². The summed E-state index contributed by atoms with van der Waals surface area (Å²) in [4.78, 5) is 0. The highest BCUT2D eigenvalue weighted by Crippen LogP contribution is 2.17. The maximum absolute atomic E-state index is 3.11. The molecule has 0 bridgehead atoms. The first-order valence-electron chi connectivity index (χ1n) is 5.78. The monoisotopic (exact) mass is 247 g/mol. The zero-order valence-corrected chi connectivity index (χ0v) is 10.4. The van der Waals surface area contributed by atoms with Crippen LogP contribution in [0, 0.1) is 0 Å². The largest absolute Gasteiger partial charge is 0.412 e. The average molecular weight is 247 g/mol. The highest BCUT2D eigenvalue weighted by molar-refractivity contribution is 5.62. The van der Waals surface area contributed by atoms with Gasteiger partial charge in [0.25, 0.3) is 0 Å². The molecule has 0 saturated carbocycles. The fourth-order valence-electron chi connectivity index (χ4n) is 1.44. The predicted octanol–water partition coefficient (Wildman–Crippen LogP) is 1.68. The second-order valence-corrected chi connectivity index (χ2v) is 3.84. The summed E-state index contributed by atoms with van der Waals surface area (Å²) in [6.45, 7) is 2.50. The fourth-order valence-corrected chi connectivity index (χ4v) is 1.44. The van der Waals surface area contributed by atoms with Crippen molar-refractivity contribution in [3.05, 3.63) is 60.7 Å². The Morgan fingerprint density at radius 2 is 0.889 bits per heavy atom. The molecule has 0 spiro atoms. The van der Waals surface area contributed by atoms with E-state index in [9.17, 15) is 0 Å². The lowest BCUT2D eigenvalue weighted by molar-refractivity contribution is 0.527. The number of hydrogen-bond donors (Lipinski definition) is 1. The minimum Gasteiger partial charge on any atom is -0.412 e. The van der Waals surface area contributed by atoms with Gasteiger partial charge in [0.05, 0.1) is 0 Å². The average Bonchev–Trinajstić information content (AvgIpc) is 2.29. The molecule has 1 aliphatic heterocycles. The molecule has 1 fully saturated rings. The lowest BCUT2D eigenvalue weighted by atomic mass is 10.1. The zero-order valence-electron chi connectivity index (χ0n) is 10.4. The minimum absolute atomic E-state index is 0. The summed E-state index contributed by atoms with van der Waals surface area (Å²) < 4.78 is 0. The van der Waals surface area contributed by atoms with E-state index in [1.54, 1.807) is 0 Å². The summed E-state index contributed by atoms with van der Waals surface area (Å²) in [6.07, 6.45) is 1.39. The molecule has 1 saturated heterocycles. The number of benzene rings is 2. The van der Waals surface area contributed by atoms with E-state index in [-0.39, 0.29) is 11.0 Å². The molecule has 1 aliphatic rings. The SMILES string of the molecule is C1CNC1.O.O.c1ccc(-c2ccccc2)cc1. The third-order valence-corrected chi connectivity index (χ3v) is 2.59. The highest BCUT2D eigenvalue weighted by atomic mass is 16.0. The maximum Gasteiger partial charge on any atom is -0.00368 e. The smallest absolute Gasteiger partial charge is 0.00368 e. The molecule has 5 N–H and O–H groups in total. The summed E-state index contributed by atoms with van der Waals surface area (Å²) in [5.74, 6) is 0. The van der Waals surface area contributed by atoms with Crippen molar-refractivity contribution in [2.24, 2.45) is 0 Å². The summed E-state index contributed by atoms with van der Waals surface area (Å²) in [7, 11) is 0. The molecule has 3 heteroatoms. The summed E-state index contributed by atoms with van der Waals surface area (Å²) in [5, 5.41) is 3.11. The van der Waals surface area contributed by atoms with E-state index < -0.39 is 0 Å². The van der Waals surface area contributed by atoms with E-state index in [1.807, 2.05) is 12.1 Å². The lowest BCUT2D eigenvalue weighted by Gasteiger charge is -2.09. The van der Waals surface area contributed by atoms with Crippen molar-refractivity contribution in [3.63, 3.8) is 0 Å². The van der Waals surface area contributed by atoms with Gasteiger partial charge in [-0.3, -0.25) is 0 Å². The van der Waals surface area contributed by atoms with Gasteiger partial charge in [0.2, 0.25) is 0 Å². The molecule has 0 radical (unpaired) electrons. The van der Waals surface area contributed by atoms with Crippen molar-refractivity contribution in [2.75, 3.05) is 13.1 Å². The first kappa shape index (κ1) is 16.3. The van der Waals surface area contributed by atoms with Crippen molar-refractivity contribution in [1.82, 2.24) is 5.32 Å². The molecule has 98 valence electrons. The van der Waals surface area contributed by atoms with Crippen LogP contribution >= 0.6 is 0 Å². The number of rotatable bonds is 1. The highest BCUT2D eigenvalue weighted by Gasteiger charge is 1.92. The first-order valence-corrected chi connectivity index (χ1v) is 5.78. The van der Waals surface area contributed by atoms with Crippen molar-refractivity contribution < 1.29 is 11.0 Å². The molecule has 0 aliphatic carbocycles. The normalized spacial score (nSPS) is 11.8. The fraction of sp³-hybridized carbons (Fsp3) is 0.200. The Hall–Kier alpha value is -1.68. The van der Waals surface area contributed by atoms with Gasteiger partial charge in [-0.25, -0.2) is 0 Å². The van der Waals surface area contributed by atoms with Gasteiger partial charge < -0.3 is 16.3 Å². The third kappa shape index (κ3) is 5.10. The Morgan fingerprint density at radius 1 is 0.611 bits per heavy atom. The molecule has 1 heterocycles. The maximum atomic E-state index is 3.11. The van der Waals surface area contributed by atoms with Crippen LogP contribution in [-0.2, 0) is 0 Å². The van der Waals surface area contributed by atoms with Crippen molar-refractivity contribution in [1.29, 1.82) is 0 Å². The van der Waals surface area contributed by atoms with Gasteiger partial charge in [-0.15, -0.1) is 0 Å². The summed E-state index contributed by atoms with van der Waals surface area (Å²) in [5.41, 5.74) is 2.55. The van der Waals surface area contributed by atoms with E-state index in [2.05, 4.69) is 53.8 Å². The van der Waals surface area contributed by atoms with Gasteiger partial charge in [0, 0.05) is 0 Å². The molecule has 3 rings (SSSR count). The summed E-state index contributed by atoms with van der Waals surface area (Å²) in [6, 6.07) is 20.8. The second kappa shape index (κ2) is 9.36. The Kier molecular flexibility index (Phi) is 8.49. The molecule has 0 unspecified atom stereocenters. The third-order valence-electron chi connectivity index (χ3n) is 2.59. The molecule has 2 aromatic carbocycles. The van der Waals surface area contributed by atoms with E-state index in [0.29, 0.717) is 0 Å². The molecule has 3 nitrogen and oxygen atoms in total. The van der Waals surface area contributed by atoms with Crippen LogP contribution in [0.3, 0.4) is 0 Å². The molecule has 0 atom stereocenters. The second-order valence-electron chi connectivity index (χ2n) is 3.84. The lowest BCUT2D eigenvalue weighted by Crippen LogP contribution is -2.29. The van der Waals surface area contributed by atoms with Crippen LogP contribution in [0.2, 0.25) is 0 Å². The van der Waals surface area contributed by atoms with Crippen LogP contribution in [0.5, 0.6) is 0 Å². The van der Waals surface area contributed by atoms with Crippen molar-refractivity contribution >= 4 is 0 Å².